The number of thiazole rings is 1. The third kappa shape index (κ3) is 3.38. The van der Waals surface area contributed by atoms with Crippen molar-refractivity contribution in [2.45, 2.75) is 11.4 Å². The smallest absolute Gasteiger partial charge is 0.266 e. The molecule has 7 nitrogen and oxygen atoms in total. The minimum atomic E-state index is -3.85. The van der Waals surface area contributed by atoms with Gasteiger partial charge in [-0.05, 0) is 12.1 Å². The van der Waals surface area contributed by atoms with Gasteiger partial charge in [-0.25, -0.2) is 28.1 Å². The average Bonchev–Trinajstić information content (AvgIpc) is 3.15. The molecule has 2 aromatic heterocycles. The van der Waals surface area contributed by atoms with Gasteiger partial charge in [-0.1, -0.05) is 23.7 Å². The highest BCUT2D eigenvalue weighted by molar-refractivity contribution is 7.90. The van der Waals surface area contributed by atoms with E-state index in [1.54, 1.807) is 23.7 Å². The van der Waals surface area contributed by atoms with Crippen LogP contribution in [0, 0.1) is 5.95 Å². The van der Waals surface area contributed by atoms with Crippen molar-refractivity contribution in [2.24, 2.45) is 4.99 Å². The van der Waals surface area contributed by atoms with E-state index in [1.807, 2.05) is 0 Å². The molecule has 0 saturated carbocycles. The lowest BCUT2D eigenvalue weighted by molar-refractivity contribution is 0.585. The van der Waals surface area contributed by atoms with Crippen molar-refractivity contribution < 1.29 is 12.8 Å². The summed E-state index contributed by atoms with van der Waals surface area (Å²) in [6.45, 7) is 0.213. The van der Waals surface area contributed by atoms with Crippen LogP contribution in [0.15, 0.2) is 51.9 Å². The number of anilines is 1. The summed E-state index contributed by atoms with van der Waals surface area (Å²) >= 11 is 7.45. The van der Waals surface area contributed by atoms with Gasteiger partial charge in [0.15, 0.2) is 0 Å². The standard InChI is InChI=1S/C16H11ClFN5O2S2/c17-13-9(4-5-20-15(13)18)10-2-1-3-11-14(10)22-16(23-27(11,24)25)21-8-12-19-6-7-26-12/h1-7H,8H2,(H2,21,22,23). The number of guanidine groups is 1. The Balaban J connectivity index is 1.81. The van der Waals surface area contributed by atoms with Crippen LogP contribution in [0.3, 0.4) is 0 Å². The van der Waals surface area contributed by atoms with E-state index in [4.69, 9.17) is 11.6 Å². The number of aliphatic imine (C=N–C) groups is 1. The van der Waals surface area contributed by atoms with Crippen molar-refractivity contribution in [1.29, 1.82) is 0 Å². The predicted molar refractivity (Wildman–Crippen MR) is 102 cm³/mol. The molecule has 0 atom stereocenters. The first-order valence-electron chi connectivity index (χ1n) is 7.62. The lowest BCUT2D eigenvalue weighted by atomic mass is 10.0. The topological polar surface area (TPSA) is 96.3 Å². The van der Waals surface area contributed by atoms with Crippen LogP contribution in [0.25, 0.3) is 11.1 Å². The van der Waals surface area contributed by atoms with Crippen molar-refractivity contribution in [2.75, 3.05) is 5.32 Å². The van der Waals surface area contributed by atoms with Crippen LogP contribution in [0.1, 0.15) is 5.01 Å². The molecule has 0 bridgehead atoms. The molecular formula is C16H11ClFN5O2S2. The van der Waals surface area contributed by atoms with E-state index in [9.17, 15) is 12.8 Å². The minimum absolute atomic E-state index is 0.0153. The molecule has 0 aliphatic carbocycles. The molecule has 0 saturated heterocycles. The fraction of sp³-hybridized carbons (Fsp3) is 0.0625. The van der Waals surface area contributed by atoms with Gasteiger partial charge in [0.1, 0.15) is 14.9 Å². The van der Waals surface area contributed by atoms with Gasteiger partial charge >= 0.3 is 0 Å². The molecule has 0 fully saturated rings. The van der Waals surface area contributed by atoms with Crippen LogP contribution in [0.2, 0.25) is 5.02 Å². The Bertz CT molecular complexity index is 1150. The van der Waals surface area contributed by atoms with E-state index in [-0.39, 0.29) is 28.1 Å². The van der Waals surface area contributed by atoms with Gasteiger partial charge in [0, 0.05) is 28.9 Å². The first-order chi connectivity index (χ1) is 13.0. The number of halogens is 2. The number of para-hydroxylation sites is 1. The summed E-state index contributed by atoms with van der Waals surface area (Å²) in [5, 5.41) is 5.32. The van der Waals surface area contributed by atoms with Gasteiger partial charge in [0.2, 0.25) is 11.9 Å². The second kappa shape index (κ2) is 6.87. The Morgan fingerprint density at radius 2 is 2.04 bits per heavy atom. The molecule has 138 valence electrons. The first-order valence-corrected chi connectivity index (χ1v) is 10.4. The third-order valence-corrected chi connectivity index (χ3v) is 6.29. The highest BCUT2D eigenvalue weighted by Gasteiger charge is 2.29. The van der Waals surface area contributed by atoms with Crippen molar-refractivity contribution in [3.05, 3.63) is 58.0 Å². The van der Waals surface area contributed by atoms with E-state index in [0.717, 1.165) is 5.01 Å². The summed E-state index contributed by atoms with van der Waals surface area (Å²) in [5.74, 6) is -0.781. The highest BCUT2D eigenvalue weighted by Crippen LogP contribution is 2.38. The van der Waals surface area contributed by atoms with E-state index < -0.39 is 16.0 Å². The number of hydrogen-bond acceptors (Lipinski definition) is 6. The Morgan fingerprint density at radius 3 is 2.81 bits per heavy atom. The molecule has 1 aliphatic heterocycles. The summed E-state index contributed by atoms with van der Waals surface area (Å²) in [6, 6.07) is 6.16. The number of fused-ring (bicyclic) bond motifs is 1. The van der Waals surface area contributed by atoms with E-state index in [1.165, 1.54) is 29.7 Å². The zero-order chi connectivity index (χ0) is 19.0. The molecule has 2 N–H and O–H groups in total. The summed E-state index contributed by atoms with van der Waals surface area (Å²) in [5.41, 5.74) is 1.01. The molecule has 0 amide bonds. The SMILES string of the molecule is O=S1(=O)NC(=NCc2nccs2)Nc2c(-c3ccnc(F)c3Cl)cccc21. The molecule has 3 heterocycles. The monoisotopic (exact) mass is 423 g/mol. The molecule has 1 aliphatic rings. The first kappa shape index (κ1) is 17.8. The Kier molecular flexibility index (Phi) is 4.54. The van der Waals surface area contributed by atoms with Gasteiger partial charge in [0.05, 0.1) is 12.2 Å². The maximum Gasteiger partial charge on any atom is 0.266 e. The number of rotatable bonds is 3. The number of sulfonamides is 1. The molecule has 4 rings (SSSR count). The zero-order valence-corrected chi connectivity index (χ0v) is 15.9. The summed E-state index contributed by atoms with van der Waals surface area (Å²) in [4.78, 5) is 11.9. The van der Waals surface area contributed by atoms with Crippen LogP contribution in [-0.2, 0) is 16.6 Å². The number of pyridine rings is 1. The lowest BCUT2D eigenvalue weighted by Crippen LogP contribution is -2.41. The Labute approximate surface area is 163 Å². The van der Waals surface area contributed by atoms with Crippen molar-refractivity contribution in [1.82, 2.24) is 14.7 Å². The van der Waals surface area contributed by atoms with Crippen molar-refractivity contribution in [3.8, 4) is 11.1 Å². The van der Waals surface area contributed by atoms with Gasteiger partial charge in [0.25, 0.3) is 10.0 Å². The predicted octanol–water partition coefficient (Wildman–Crippen LogP) is 3.26. The summed E-state index contributed by atoms with van der Waals surface area (Å²) in [7, 11) is -3.85. The Hall–Kier alpha value is -2.56. The van der Waals surface area contributed by atoms with Crippen LogP contribution in [-0.4, -0.2) is 24.3 Å². The molecule has 0 spiro atoms. The molecule has 1 aromatic carbocycles. The van der Waals surface area contributed by atoms with Crippen molar-refractivity contribution >= 4 is 44.6 Å². The average molecular weight is 424 g/mol. The van der Waals surface area contributed by atoms with Crippen molar-refractivity contribution in [3.63, 3.8) is 0 Å². The van der Waals surface area contributed by atoms with Crippen LogP contribution in [0.4, 0.5) is 10.1 Å². The number of nitrogens with zero attached hydrogens (tertiary/aromatic N) is 3. The molecule has 3 aromatic rings. The number of aromatic nitrogens is 2. The van der Waals surface area contributed by atoms with Gasteiger partial charge in [-0.15, -0.1) is 11.3 Å². The normalized spacial score (nSPS) is 16.4. The maximum absolute atomic E-state index is 13.8. The summed E-state index contributed by atoms with van der Waals surface area (Å²) < 4.78 is 41.4. The van der Waals surface area contributed by atoms with Gasteiger partial charge in [-0.2, -0.15) is 4.39 Å². The zero-order valence-electron chi connectivity index (χ0n) is 13.5. The third-order valence-electron chi connectivity index (χ3n) is 3.78. The largest absolute Gasteiger partial charge is 0.324 e. The number of benzene rings is 1. The maximum atomic E-state index is 13.8. The van der Waals surface area contributed by atoms with Gasteiger partial charge < -0.3 is 5.32 Å². The molecule has 11 heteroatoms. The van der Waals surface area contributed by atoms with E-state index in [0.29, 0.717) is 11.1 Å². The van der Waals surface area contributed by atoms with E-state index in [2.05, 4.69) is 25.0 Å². The van der Waals surface area contributed by atoms with Gasteiger partial charge in [-0.3, -0.25) is 0 Å². The summed E-state index contributed by atoms with van der Waals surface area (Å²) in [6.07, 6.45) is 2.91. The quantitative estimate of drug-likeness (QED) is 0.630. The molecule has 0 radical (unpaired) electrons. The number of hydrogen-bond donors (Lipinski definition) is 2. The fourth-order valence-electron chi connectivity index (χ4n) is 2.61. The van der Waals surface area contributed by atoms with E-state index >= 15 is 0 Å². The van der Waals surface area contributed by atoms with Crippen LogP contribution in [0.5, 0.6) is 0 Å². The molecular weight excluding hydrogens is 413 g/mol. The second-order valence-electron chi connectivity index (χ2n) is 5.46. The highest BCUT2D eigenvalue weighted by atomic mass is 35.5. The Morgan fingerprint density at radius 1 is 1.19 bits per heavy atom. The molecule has 0 unspecified atom stereocenters. The minimum Gasteiger partial charge on any atom is -0.324 e. The fourth-order valence-corrected chi connectivity index (χ4v) is 4.53. The molecule has 27 heavy (non-hydrogen) atoms. The number of nitrogens with one attached hydrogen (secondary N) is 2. The lowest BCUT2D eigenvalue weighted by Gasteiger charge is -2.24. The van der Waals surface area contributed by atoms with Crippen LogP contribution < -0.4 is 10.0 Å². The van der Waals surface area contributed by atoms with Crippen LogP contribution >= 0.6 is 22.9 Å². The second-order valence-corrected chi connectivity index (χ2v) is 8.47.